The van der Waals surface area contributed by atoms with E-state index >= 15 is 0 Å². The van der Waals surface area contributed by atoms with Crippen LogP contribution < -0.4 is 9.64 Å². The number of nitrogens with zero attached hydrogens (tertiary/aromatic N) is 3. The van der Waals surface area contributed by atoms with Crippen LogP contribution in [-0.4, -0.2) is 30.1 Å². The number of ether oxygens (including phenoxy) is 1. The van der Waals surface area contributed by atoms with Crippen molar-refractivity contribution >= 4 is 11.5 Å². The molecule has 1 aromatic heterocycles. The first kappa shape index (κ1) is 13.6. The number of hydrogen-bond donors (Lipinski definition) is 0. The molecule has 19 heavy (non-hydrogen) atoms. The molecule has 2 rings (SSSR count). The molecule has 1 saturated carbocycles. The van der Waals surface area contributed by atoms with Gasteiger partial charge in [-0.15, -0.1) is 0 Å². The topological polar surface area (TPSA) is 68.5 Å². The second kappa shape index (κ2) is 5.86. The molecular weight excluding hydrogens is 246 g/mol. The SMILES string of the molecule is COc1ccc([N+](=O)[O-])c(N(C)C2CCCCC2)n1. The van der Waals surface area contributed by atoms with Crippen LogP contribution in [0.2, 0.25) is 0 Å². The fraction of sp³-hybridized carbons (Fsp3) is 0.615. The van der Waals surface area contributed by atoms with Gasteiger partial charge in [-0.05, 0) is 12.8 Å². The normalized spacial score (nSPS) is 16.1. The lowest BCUT2D eigenvalue weighted by atomic mass is 9.94. The van der Waals surface area contributed by atoms with Crippen LogP contribution >= 0.6 is 0 Å². The standard InChI is InChI=1S/C13H19N3O3/c1-15(10-6-4-3-5-7-10)13-11(16(17)18)8-9-12(14-13)19-2/h8-10H,3-7H2,1-2H3. The molecule has 6 nitrogen and oxygen atoms in total. The Kier molecular flexibility index (Phi) is 4.19. The molecule has 0 radical (unpaired) electrons. The first-order valence-corrected chi connectivity index (χ1v) is 6.55. The van der Waals surface area contributed by atoms with Crippen molar-refractivity contribution in [3.05, 3.63) is 22.2 Å². The summed E-state index contributed by atoms with van der Waals surface area (Å²) in [4.78, 5) is 16.9. The van der Waals surface area contributed by atoms with Crippen LogP contribution in [-0.2, 0) is 0 Å². The Labute approximate surface area is 112 Å². The second-order valence-corrected chi connectivity index (χ2v) is 4.86. The van der Waals surface area contributed by atoms with Crippen LogP contribution in [0.15, 0.2) is 12.1 Å². The summed E-state index contributed by atoms with van der Waals surface area (Å²) >= 11 is 0. The molecule has 0 spiro atoms. The summed E-state index contributed by atoms with van der Waals surface area (Å²) in [5.41, 5.74) is 0.0360. The van der Waals surface area contributed by atoms with Crippen LogP contribution in [0.25, 0.3) is 0 Å². The van der Waals surface area contributed by atoms with Crippen LogP contribution in [0.4, 0.5) is 11.5 Å². The molecule has 0 atom stereocenters. The number of pyridine rings is 1. The predicted molar refractivity (Wildman–Crippen MR) is 72.7 cm³/mol. The van der Waals surface area contributed by atoms with Gasteiger partial charge in [0.1, 0.15) is 0 Å². The molecule has 0 saturated heterocycles. The van der Waals surface area contributed by atoms with Gasteiger partial charge in [-0.2, -0.15) is 4.98 Å². The van der Waals surface area contributed by atoms with Crippen molar-refractivity contribution in [3.8, 4) is 5.88 Å². The molecule has 1 heterocycles. The number of methoxy groups -OCH3 is 1. The second-order valence-electron chi connectivity index (χ2n) is 4.86. The van der Waals surface area contributed by atoms with Crippen molar-refractivity contribution in [3.63, 3.8) is 0 Å². The number of rotatable bonds is 4. The zero-order valence-corrected chi connectivity index (χ0v) is 11.3. The lowest BCUT2D eigenvalue weighted by Gasteiger charge is -2.31. The first-order chi connectivity index (χ1) is 9.13. The molecular formula is C13H19N3O3. The Morgan fingerprint density at radius 1 is 1.37 bits per heavy atom. The third-order valence-electron chi connectivity index (χ3n) is 3.69. The Hall–Kier alpha value is -1.85. The first-order valence-electron chi connectivity index (χ1n) is 6.55. The molecule has 1 fully saturated rings. The van der Waals surface area contributed by atoms with Crippen molar-refractivity contribution in [2.75, 3.05) is 19.1 Å². The Balaban J connectivity index is 2.31. The van der Waals surface area contributed by atoms with E-state index in [0.29, 0.717) is 17.7 Å². The highest BCUT2D eigenvalue weighted by atomic mass is 16.6. The van der Waals surface area contributed by atoms with Crippen LogP contribution in [0, 0.1) is 10.1 Å². The highest BCUT2D eigenvalue weighted by Gasteiger charge is 2.26. The van der Waals surface area contributed by atoms with E-state index in [9.17, 15) is 10.1 Å². The fourth-order valence-corrected chi connectivity index (χ4v) is 2.58. The quantitative estimate of drug-likeness (QED) is 0.618. The average molecular weight is 265 g/mol. The van der Waals surface area contributed by atoms with Gasteiger partial charge < -0.3 is 9.64 Å². The van der Waals surface area contributed by atoms with E-state index in [0.717, 1.165) is 12.8 Å². The van der Waals surface area contributed by atoms with E-state index in [2.05, 4.69) is 4.98 Å². The molecule has 0 bridgehead atoms. The van der Waals surface area contributed by atoms with Gasteiger partial charge in [-0.25, -0.2) is 0 Å². The molecule has 0 N–H and O–H groups in total. The Morgan fingerprint density at radius 3 is 2.63 bits per heavy atom. The molecule has 1 aliphatic rings. The summed E-state index contributed by atoms with van der Waals surface area (Å²) in [5.74, 6) is 0.805. The summed E-state index contributed by atoms with van der Waals surface area (Å²) in [6.45, 7) is 0. The van der Waals surface area contributed by atoms with Crippen molar-refractivity contribution in [2.24, 2.45) is 0 Å². The fourth-order valence-electron chi connectivity index (χ4n) is 2.58. The number of hydrogen-bond acceptors (Lipinski definition) is 5. The molecule has 0 unspecified atom stereocenters. The van der Waals surface area contributed by atoms with Gasteiger partial charge in [0.25, 0.3) is 0 Å². The smallest absolute Gasteiger partial charge is 0.311 e. The summed E-state index contributed by atoms with van der Waals surface area (Å²) in [6, 6.07) is 3.31. The lowest BCUT2D eigenvalue weighted by Crippen LogP contribution is -2.34. The number of aromatic nitrogens is 1. The molecule has 6 heteroatoms. The van der Waals surface area contributed by atoms with Crippen LogP contribution in [0.3, 0.4) is 0 Å². The zero-order chi connectivity index (χ0) is 13.8. The summed E-state index contributed by atoms with van der Waals surface area (Å²) in [6.07, 6.45) is 5.72. The van der Waals surface area contributed by atoms with E-state index in [-0.39, 0.29) is 10.6 Å². The van der Waals surface area contributed by atoms with Gasteiger partial charge in [0.15, 0.2) is 0 Å². The summed E-state index contributed by atoms with van der Waals surface area (Å²) < 4.78 is 5.07. The van der Waals surface area contributed by atoms with Gasteiger partial charge in [0.05, 0.1) is 12.0 Å². The van der Waals surface area contributed by atoms with Gasteiger partial charge in [0, 0.05) is 25.2 Å². The minimum absolute atomic E-state index is 0.0360. The molecule has 1 aliphatic carbocycles. The predicted octanol–water partition coefficient (Wildman–Crippen LogP) is 2.77. The molecule has 1 aromatic rings. The summed E-state index contributed by atoms with van der Waals surface area (Å²) in [7, 11) is 3.39. The number of anilines is 1. The van der Waals surface area contributed by atoms with Crippen molar-refractivity contribution in [1.82, 2.24) is 4.98 Å². The van der Waals surface area contributed by atoms with E-state index in [1.807, 2.05) is 11.9 Å². The van der Waals surface area contributed by atoms with E-state index in [1.165, 1.54) is 38.5 Å². The van der Waals surface area contributed by atoms with Crippen molar-refractivity contribution < 1.29 is 9.66 Å². The van der Waals surface area contributed by atoms with Crippen molar-refractivity contribution in [1.29, 1.82) is 0 Å². The maximum absolute atomic E-state index is 11.1. The molecule has 0 aromatic carbocycles. The molecule has 104 valence electrons. The largest absolute Gasteiger partial charge is 0.481 e. The average Bonchev–Trinajstić information content (AvgIpc) is 2.46. The van der Waals surface area contributed by atoms with Crippen molar-refractivity contribution in [2.45, 2.75) is 38.1 Å². The third-order valence-corrected chi connectivity index (χ3v) is 3.69. The highest BCUT2D eigenvalue weighted by Crippen LogP contribution is 2.32. The van der Waals surface area contributed by atoms with Crippen LogP contribution in [0.1, 0.15) is 32.1 Å². The van der Waals surface area contributed by atoms with Gasteiger partial charge in [0.2, 0.25) is 11.7 Å². The maximum Gasteiger partial charge on any atom is 0.311 e. The molecule has 0 amide bonds. The highest BCUT2D eigenvalue weighted by molar-refractivity contribution is 5.59. The maximum atomic E-state index is 11.1. The Bertz CT molecular complexity index is 458. The Morgan fingerprint density at radius 2 is 2.05 bits per heavy atom. The summed E-state index contributed by atoms with van der Waals surface area (Å²) in [5, 5.41) is 11.1. The minimum Gasteiger partial charge on any atom is -0.481 e. The monoisotopic (exact) mass is 265 g/mol. The lowest BCUT2D eigenvalue weighted by molar-refractivity contribution is -0.384. The van der Waals surface area contributed by atoms with Gasteiger partial charge >= 0.3 is 5.69 Å². The van der Waals surface area contributed by atoms with E-state index < -0.39 is 0 Å². The molecule has 0 aliphatic heterocycles. The van der Waals surface area contributed by atoms with Crippen LogP contribution in [0.5, 0.6) is 5.88 Å². The van der Waals surface area contributed by atoms with Gasteiger partial charge in [-0.1, -0.05) is 19.3 Å². The van der Waals surface area contributed by atoms with E-state index in [4.69, 9.17) is 4.74 Å². The number of nitro groups is 1. The third kappa shape index (κ3) is 2.94. The van der Waals surface area contributed by atoms with Gasteiger partial charge in [-0.3, -0.25) is 10.1 Å². The minimum atomic E-state index is -0.388. The van der Waals surface area contributed by atoms with E-state index in [1.54, 1.807) is 0 Å². The zero-order valence-electron chi connectivity index (χ0n) is 11.3.